The fourth-order valence-corrected chi connectivity index (χ4v) is 3.78. The van der Waals surface area contributed by atoms with Crippen molar-refractivity contribution in [1.82, 2.24) is 25.1 Å². The number of hydrogen-bond donors (Lipinski definition) is 2. The molecule has 0 saturated carbocycles. The van der Waals surface area contributed by atoms with Crippen molar-refractivity contribution < 1.29 is 14.6 Å². The normalized spacial score (nSPS) is 14.7. The van der Waals surface area contributed by atoms with Gasteiger partial charge in [-0.15, -0.1) is 0 Å². The van der Waals surface area contributed by atoms with Gasteiger partial charge in [0.15, 0.2) is 5.65 Å². The lowest BCUT2D eigenvalue weighted by Gasteiger charge is -2.27. The number of nitrogens with one attached hydrogen (secondary N) is 1. The summed E-state index contributed by atoms with van der Waals surface area (Å²) in [5.74, 6) is 0.631. The van der Waals surface area contributed by atoms with Crippen LogP contribution >= 0.6 is 0 Å². The summed E-state index contributed by atoms with van der Waals surface area (Å²) < 4.78 is 7.21. The maximum Gasteiger partial charge on any atom is 0.228 e. The molecule has 0 radical (unpaired) electrons. The summed E-state index contributed by atoms with van der Waals surface area (Å²) >= 11 is 0. The van der Waals surface area contributed by atoms with Crippen molar-refractivity contribution in [2.75, 3.05) is 37.7 Å². The molecule has 1 aliphatic rings. The summed E-state index contributed by atoms with van der Waals surface area (Å²) in [4.78, 5) is 23.7. The third-order valence-corrected chi connectivity index (χ3v) is 5.28. The maximum absolute atomic E-state index is 11.9. The Balaban J connectivity index is 1.74. The Labute approximate surface area is 187 Å². The van der Waals surface area contributed by atoms with Gasteiger partial charge in [0, 0.05) is 25.2 Å². The van der Waals surface area contributed by atoms with Gasteiger partial charge in [0.1, 0.15) is 0 Å². The lowest BCUT2D eigenvalue weighted by atomic mass is 10.0. The Kier molecular flexibility index (Phi) is 6.38. The lowest BCUT2D eigenvalue weighted by molar-refractivity contribution is -0.120. The van der Waals surface area contributed by atoms with E-state index in [0.717, 1.165) is 35.3 Å². The predicted octanol–water partition coefficient (Wildman–Crippen LogP) is 1.78. The van der Waals surface area contributed by atoms with Crippen molar-refractivity contribution >= 4 is 22.9 Å². The zero-order chi connectivity index (χ0) is 22.7. The van der Waals surface area contributed by atoms with Crippen LogP contribution in [0.4, 0.5) is 5.95 Å². The first-order valence-electron chi connectivity index (χ1n) is 11.0. The van der Waals surface area contributed by atoms with Crippen LogP contribution in [0, 0.1) is 0 Å². The Morgan fingerprint density at radius 1 is 1.19 bits per heavy atom. The van der Waals surface area contributed by atoms with E-state index < -0.39 is 5.60 Å². The van der Waals surface area contributed by atoms with E-state index >= 15 is 0 Å². The second kappa shape index (κ2) is 9.22. The molecule has 2 aromatic heterocycles. The minimum Gasteiger partial charge on any atom is -0.389 e. The molecule has 2 N–H and O–H groups in total. The van der Waals surface area contributed by atoms with Crippen molar-refractivity contribution in [2.24, 2.45) is 0 Å². The maximum atomic E-state index is 11.9. The molecule has 0 spiro atoms. The number of nitrogens with zero attached hydrogens (tertiary/aromatic N) is 5. The highest BCUT2D eigenvalue weighted by Crippen LogP contribution is 2.29. The molecule has 0 aliphatic carbocycles. The van der Waals surface area contributed by atoms with Crippen LogP contribution in [0.1, 0.15) is 26.3 Å². The fraction of sp³-hybridized carbons (Fsp3) is 0.478. The molecule has 1 saturated heterocycles. The smallest absolute Gasteiger partial charge is 0.228 e. The van der Waals surface area contributed by atoms with Gasteiger partial charge >= 0.3 is 0 Å². The van der Waals surface area contributed by atoms with Gasteiger partial charge in [-0.3, -0.25) is 4.79 Å². The van der Waals surface area contributed by atoms with E-state index in [1.807, 2.05) is 31.2 Å². The van der Waals surface area contributed by atoms with Crippen LogP contribution in [0.25, 0.3) is 22.3 Å². The molecule has 9 heteroatoms. The van der Waals surface area contributed by atoms with Gasteiger partial charge in [0.25, 0.3) is 0 Å². The van der Waals surface area contributed by atoms with E-state index in [9.17, 15) is 9.90 Å². The van der Waals surface area contributed by atoms with Gasteiger partial charge in [-0.1, -0.05) is 24.3 Å². The summed E-state index contributed by atoms with van der Waals surface area (Å²) in [5, 5.41) is 18.5. The number of morpholine rings is 1. The molecule has 9 nitrogen and oxygen atoms in total. The van der Waals surface area contributed by atoms with E-state index in [4.69, 9.17) is 14.7 Å². The molecule has 3 heterocycles. The van der Waals surface area contributed by atoms with Gasteiger partial charge in [-0.25, -0.2) is 9.67 Å². The molecule has 1 aromatic carbocycles. The average molecular weight is 439 g/mol. The number of likely N-dealkylation sites (N-methyl/N-ethyl adjacent to an activating group) is 1. The number of aromatic nitrogens is 4. The van der Waals surface area contributed by atoms with Gasteiger partial charge < -0.3 is 20.1 Å². The van der Waals surface area contributed by atoms with Gasteiger partial charge in [0.2, 0.25) is 11.9 Å². The second-order valence-electron chi connectivity index (χ2n) is 8.65. The van der Waals surface area contributed by atoms with E-state index in [1.54, 1.807) is 24.7 Å². The first kappa shape index (κ1) is 22.2. The number of benzene rings is 1. The van der Waals surface area contributed by atoms with Crippen LogP contribution < -0.4 is 10.2 Å². The minimum absolute atomic E-state index is 0.00664. The van der Waals surface area contributed by atoms with Crippen molar-refractivity contribution in [1.29, 1.82) is 0 Å². The largest absolute Gasteiger partial charge is 0.389 e. The van der Waals surface area contributed by atoms with Crippen LogP contribution in [0.5, 0.6) is 0 Å². The van der Waals surface area contributed by atoms with E-state index in [0.29, 0.717) is 44.3 Å². The topological polar surface area (TPSA) is 105 Å². The van der Waals surface area contributed by atoms with Crippen LogP contribution in [0.3, 0.4) is 0 Å². The van der Waals surface area contributed by atoms with Crippen molar-refractivity contribution in [2.45, 2.75) is 39.3 Å². The number of fused-ring (bicyclic) bond motifs is 1. The summed E-state index contributed by atoms with van der Waals surface area (Å²) in [5.41, 5.74) is 2.41. The highest BCUT2D eigenvalue weighted by atomic mass is 16.5. The predicted molar refractivity (Wildman–Crippen MR) is 122 cm³/mol. The minimum atomic E-state index is -0.927. The molecule has 32 heavy (non-hydrogen) atoms. The first-order valence-corrected chi connectivity index (χ1v) is 11.0. The standard InChI is InChI=1S/C23H30N6O3/c1-4-24-19(30)13-16-5-7-17(8-6-16)20-18-14-25-29(15-23(2,3)31)21(18)27-22(26-20)28-9-11-32-12-10-28/h5-8,14,31H,4,9-13,15H2,1-3H3,(H,24,30). The molecule has 1 aliphatic heterocycles. The summed E-state index contributed by atoms with van der Waals surface area (Å²) in [7, 11) is 0. The number of carbonyl (C=O) groups excluding carboxylic acids is 1. The second-order valence-corrected chi connectivity index (χ2v) is 8.65. The number of amides is 1. The number of aliphatic hydroxyl groups is 1. The van der Waals surface area contributed by atoms with Gasteiger partial charge in [-0.2, -0.15) is 10.1 Å². The van der Waals surface area contributed by atoms with E-state index in [1.165, 1.54) is 0 Å². The summed E-state index contributed by atoms with van der Waals surface area (Å²) in [6.07, 6.45) is 2.10. The van der Waals surface area contributed by atoms with Crippen LogP contribution in [0.15, 0.2) is 30.5 Å². The number of rotatable bonds is 7. The number of carbonyl (C=O) groups is 1. The average Bonchev–Trinajstić information content (AvgIpc) is 3.15. The lowest BCUT2D eigenvalue weighted by Crippen LogP contribution is -2.37. The van der Waals surface area contributed by atoms with Crippen molar-refractivity contribution in [3.05, 3.63) is 36.0 Å². The highest BCUT2D eigenvalue weighted by molar-refractivity contribution is 5.91. The Hall–Kier alpha value is -3.04. The Morgan fingerprint density at radius 2 is 1.91 bits per heavy atom. The number of hydrogen-bond acceptors (Lipinski definition) is 7. The molecular weight excluding hydrogens is 408 g/mol. The first-order chi connectivity index (χ1) is 15.3. The molecule has 0 bridgehead atoms. The summed E-state index contributed by atoms with van der Waals surface area (Å²) in [6.45, 7) is 9.05. The monoisotopic (exact) mass is 438 g/mol. The molecule has 0 atom stereocenters. The van der Waals surface area contributed by atoms with E-state index in [2.05, 4.69) is 15.3 Å². The quantitative estimate of drug-likeness (QED) is 0.579. The molecule has 1 fully saturated rings. The third-order valence-electron chi connectivity index (χ3n) is 5.28. The molecule has 4 rings (SSSR count). The van der Waals surface area contributed by atoms with Crippen molar-refractivity contribution in [3.63, 3.8) is 0 Å². The van der Waals surface area contributed by atoms with Crippen LogP contribution in [-0.4, -0.2) is 69.2 Å². The Morgan fingerprint density at radius 3 is 2.56 bits per heavy atom. The zero-order valence-electron chi connectivity index (χ0n) is 18.8. The fourth-order valence-electron chi connectivity index (χ4n) is 3.78. The van der Waals surface area contributed by atoms with Gasteiger partial charge in [-0.05, 0) is 26.3 Å². The highest BCUT2D eigenvalue weighted by Gasteiger charge is 2.22. The summed E-state index contributed by atoms with van der Waals surface area (Å²) in [6, 6.07) is 7.86. The molecule has 3 aromatic rings. The van der Waals surface area contributed by atoms with Crippen molar-refractivity contribution in [3.8, 4) is 11.3 Å². The SMILES string of the molecule is CCNC(=O)Cc1ccc(-c2nc(N3CCOCC3)nc3c2cnn3CC(C)(C)O)cc1. The number of ether oxygens (including phenoxy) is 1. The number of anilines is 1. The zero-order valence-corrected chi connectivity index (χ0v) is 18.8. The third kappa shape index (κ3) is 5.05. The van der Waals surface area contributed by atoms with Gasteiger partial charge in [0.05, 0.1) is 49.1 Å². The van der Waals surface area contributed by atoms with Crippen LogP contribution in [0.2, 0.25) is 0 Å². The molecule has 170 valence electrons. The van der Waals surface area contributed by atoms with Crippen LogP contribution in [-0.2, 0) is 22.5 Å². The van der Waals surface area contributed by atoms with E-state index in [-0.39, 0.29) is 5.91 Å². The molecule has 1 amide bonds. The molecular formula is C23H30N6O3. The Bertz CT molecular complexity index is 1080. The molecule has 0 unspecified atom stereocenters.